The minimum absolute atomic E-state index is 0.0219. The van der Waals surface area contributed by atoms with Crippen LogP contribution in [-0.4, -0.2) is 9.55 Å². The first-order chi connectivity index (χ1) is 9.78. The predicted molar refractivity (Wildman–Crippen MR) is 81.2 cm³/mol. The smallest absolute Gasteiger partial charge is 0.0958 e. The number of imidazole rings is 1. The molecule has 102 valence electrons. The van der Waals surface area contributed by atoms with E-state index in [2.05, 4.69) is 15.0 Å². The highest BCUT2D eigenvalue weighted by Gasteiger charge is 2.12. The molecule has 2 aromatic carbocycles. The van der Waals surface area contributed by atoms with E-state index in [1.807, 2.05) is 54.9 Å². The molecule has 0 saturated carbocycles. The van der Waals surface area contributed by atoms with E-state index in [9.17, 15) is 0 Å². The largest absolute Gasteiger partial charge is 0.329 e. The fourth-order valence-electron chi connectivity index (χ4n) is 2.33. The molecule has 5 heteroatoms. The molecule has 1 heterocycles. The van der Waals surface area contributed by atoms with Gasteiger partial charge in [-0.15, -0.1) is 0 Å². The summed E-state index contributed by atoms with van der Waals surface area (Å²) >= 11 is 6.04. The molecule has 0 radical (unpaired) electrons. The first-order valence-corrected chi connectivity index (χ1v) is 6.77. The number of fused-ring (bicyclic) bond motifs is 1. The Hall–Kier alpha value is -1.88. The van der Waals surface area contributed by atoms with Crippen LogP contribution in [0.15, 0.2) is 54.9 Å². The van der Waals surface area contributed by atoms with Crippen molar-refractivity contribution in [1.82, 2.24) is 15.0 Å². The second kappa shape index (κ2) is 5.63. The molecule has 0 aliphatic heterocycles. The monoisotopic (exact) mass is 286 g/mol. The van der Waals surface area contributed by atoms with Gasteiger partial charge in [0, 0.05) is 11.6 Å². The van der Waals surface area contributed by atoms with Gasteiger partial charge in [0.2, 0.25) is 0 Å². The molecule has 3 aromatic rings. The van der Waals surface area contributed by atoms with Crippen molar-refractivity contribution in [1.29, 1.82) is 0 Å². The van der Waals surface area contributed by atoms with Crippen LogP contribution in [-0.2, 0) is 6.54 Å². The third-order valence-electron chi connectivity index (χ3n) is 3.36. The summed E-state index contributed by atoms with van der Waals surface area (Å²) in [5.41, 5.74) is 5.97. The second-order valence-electron chi connectivity index (χ2n) is 4.66. The molecule has 0 fully saturated rings. The van der Waals surface area contributed by atoms with Gasteiger partial charge >= 0.3 is 0 Å². The minimum atomic E-state index is -0.0219. The van der Waals surface area contributed by atoms with Crippen molar-refractivity contribution in [3.63, 3.8) is 0 Å². The lowest BCUT2D eigenvalue weighted by Gasteiger charge is -2.17. The van der Waals surface area contributed by atoms with E-state index in [0.717, 1.165) is 16.6 Å². The maximum atomic E-state index is 6.04. The highest BCUT2D eigenvalue weighted by atomic mass is 35.5. The molecule has 0 aliphatic carbocycles. The lowest BCUT2D eigenvalue weighted by molar-refractivity contribution is 0.481. The number of hydrazine groups is 1. The molecule has 0 saturated heterocycles. The fraction of sp³-hybridized carbons (Fsp3) is 0.133. The molecule has 1 atom stereocenters. The van der Waals surface area contributed by atoms with Gasteiger partial charge in [0.25, 0.3) is 0 Å². The zero-order chi connectivity index (χ0) is 13.9. The Morgan fingerprint density at radius 2 is 2.05 bits per heavy atom. The Morgan fingerprint density at radius 1 is 1.20 bits per heavy atom. The van der Waals surface area contributed by atoms with Gasteiger partial charge in [-0.25, -0.2) is 4.98 Å². The number of nitrogens with two attached hydrogens (primary N) is 1. The Morgan fingerprint density at radius 3 is 2.85 bits per heavy atom. The van der Waals surface area contributed by atoms with E-state index in [0.29, 0.717) is 11.6 Å². The molecular weight excluding hydrogens is 272 g/mol. The number of aromatic nitrogens is 2. The summed E-state index contributed by atoms with van der Waals surface area (Å²) < 4.78 is 2.08. The van der Waals surface area contributed by atoms with Crippen molar-refractivity contribution in [2.24, 2.45) is 5.84 Å². The van der Waals surface area contributed by atoms with Crippen LogP contribution in [0.25, 0.3) is 11.0 Å². The van der Waals surface area contributed by atoms with E-state index in [1.54, 1.807) is 0 Å². The van der Waals surface area contributed by atoms with Crippen molar-refractivity contribution >= 4 is 22.6 Å². The number of benzene rings is 2. The molecule has 0 bridgehead atoms. The molecule has 20 heavy (non-hydrogen) atoms. The van der Waals surface area contributed by atoms with Gasteiger partial charge in [0.1, 0.15) is 0 Å². The van der Waals surface area contributed by atoms with Gasteiger partial charge in [-0.05, 0) is 29.8 Å². The number of rotatable bonds is 4. The summed E-state index contributed by atoms with van der Waals surface area (Å²) in [5.74, 6) is 5.69. The Labute approximate surface area is 122 Å². The number of para-hydroxylation sites is 2. The van der Waals surface area contributed by atoms with Gasteiger partial charge < -0.3 is 4.57 Å². The number of hydrogen-bond acceptors (Lipinski definition) is 3. The van der Waals surface area contributed by atoms with Gasteiger partial charge in [0.05, 0.1) is 23.4 Å². The van der Waals surface area contributed by atoms with E-state index in [1.165, 1.54) is 0 Å². The highest BCUT2D eigenvalue weighted by molar-refractivity contribution is 6.30. The summed E-state index contributed by atoms with van der Waals surface area (Å²) in [4.78, 5) is 4.39. The average molecular weight is 287 g/mol. The first-order valence-electron chi connectivity index (χ1n) is 6.39. The summed E-state index contributed by atoms with van der Waals surface area (Å²) in [6.45, 7) is 0.692. The molecule has 1 aromatic heterocycles. The van der Waals surface area contributed by atoms with Crippen LogP contribution < -0.4 is 11.3 Å². The van der Waals surface area contributed by atoms with Gasteiger partial charge in [-0.2, -0.15) is 0 Å². The SMILES string of the molecule is NNC(Cn1cnc2ccccc21)c1cccc(Cl)c1. The predicted octanol–water partition coefficient (Wildman–Crippen LogP) is 2.89. The maximum absolute atomic E-state index is 6.04. The van der Waals surface area contributed by atoms with Crippen molar-refractivity contribution in [3.8, 4) is 0 Å². The van der Waals surface area contributed by atoms with Crippen LogP contribution in [0.4, 0.5) is 0 Å². The van der Waals surface area contributed by atoms with Crippen LogP contribution >= 0.6 is 11.6 Å². The van der Waals surface area contributed by atoms with E-state index in [-0.39, 0.29) is 6.04 Å². The molecular formula is C15H15ClN4. The fourth-order valence-corrected chi connectivity index (χ4v) is 2.53. The summed E-state index contributed by atoms with van der Waals surface area (Å²) in [6.07, 6.45) is 1.83. The van der Waals surface area contributed by atoms with E-state index >= 15 is 0 Å². The summed E-state index contributed by atoms with van der Waals surface area (Å²) in [6, 6.07) is 15.7. The van der Waals surface area contributed by atoms with Crippen molar-refractivity contribution in [2.75, 3.05) is 0 Å². The van der Waals surface area contributed by atoms with Crippen LogP contribution in [0, 0.1) is 0 Å². The van der Waals surface area contributed by atoms with Crippen LogP contribution in [0.2, 0.25) is 5.02 Å². The lowest BCUT2D eigenvalue weighted by Crippen LogP contribution is -2.31. The Bertz CT molecular complexity index is 722. The van der Waals surface area contributed by atoms with Gasteiger partial charge in [0.15, 0.2) is 0 Å². The van der Waals surface area contributed by atoms with E-state index in [4.69, 9.17) is 17.4 Å². The molecule has 0 aliphatic rings. The zero-order valence-corrected chi connectivity index (χ0v) is 11.6. The van der Waals surface area contributed by atoms with Crippen LogP contribution in [0.3, 0.4) is 0 Å². The third-order valence-corrected chi connectivity index (χ3v) is 3.59. The Balaban J connectivity index is 1.92. The first kappa shape index (κ1) is 13.1. The van der Waals surface area contributed by atoms with Crippen molar-refractivity contribution in [2.45, 2.75) is 12.6 Å². The van der Waals surface area contributed by atoms with Crippen molar-refractivity contribution < 1.29 is 0 Å². The molecule has 3 rings (SSSR count). The molecule has 0 spiro atoms. The Kier molecular flexibility index (Phi) is 3.69. The zero-order valence-electron chi connectivity index (χ0n) is 10.8. The highest BCUT2D eigenvalue weighted by Crippen LogP contribution is 2.21. The molecule has 3 N–H and O–H groups in total. The normalized spacial score (nSPS) is 12.7. The standard InChI is InChI=1S/C15H15ClN4/c16-12-5-3-4-11(8-12)14(19-17)9-20-10-18-13-6-1-2-7-15(13)20/h1-8,10,14,19H,9,17H2. The quantitative estimate of drug-likeness (QED) is 0.573. The maximum Gasteiger partial charge on any atom is 0.0958 e. The molecule has 4 nitrogen and oxygen atoms in total. The molecule has 1 unspecified atom stereocenters. The summed E-state index contributed by atoms with van der Waals surface area (Å²) in [7, 11) is 0. The topological polar surface area (TPSA) is 55.9 Å². The number of hydrogen-bond donors (Lipinski definition) is 2. The number of nitrogens with one attached hydrogen (secondary N) is 1. The number of nitrogens with zero attached hydrogens (tertiary/aromatic N) is 2. The molecule has 0 amide bonds. The van der Waals surface area contributed by atoms with Crippen molar-refractivity contribution in [3.05, 3.63) is 65.4 Å². The van der Waals surface area contributed by atoms with Gasteiger partial charge in [-0.1, -0.05) is 35.9 Å². The van der Waals surface area contributed by atoms with E-state index < -0.39 is 0 Å². The minimum Gasteiger partial charge on any atom is -0.329 e. The summed E-state index contributed by atoms with van der Waals surface area (Å²) in [5, 5.41) is 0.707. The van der Waals surface area contributed by atoms with Crippen LogP contribution in [0.1, 0.15) is 11.6 Å². The third kappa shape index (κ3) is 2.54. The van der Waals surface area contributed by atoms with Gasteiger partial charge in [-0.3, -0.25) is 11.3 Å². The lowest BCUT2D eigenvalue weighted by atomic mass is 10.1. The van der Waals surface area contributed by atoms with Crippen LogP contribution in [0.5, 0.6) is 0 Å². The number of halogens is 1. The second-order valence-corrected chi connectivity index (χ2v) is 5.10. The average Bonchev–Trinajstić information content (AvgIpc) is 2.88.